The fourth-order valence-corrected chi connectivity index (χ4v) is 5.64. The van der Waals surface area contributed by atoms with E-state index in [-0.39, 0.29) is 17.2 Å². The van der Waals surface area contributed by atoms with Crippen molar-refractivity contribution >= 4 is 0 Å². The van der Waals surface area contributed by atoms with E-state index in [2.05, 4.69) is 23.8 Å². The molecule has 0 saturated heterocycles. The zero-order valence-corrected chi connectivity index (χ0v) is 22.8. The fourth-order valence-electron chi connectivity index (χ4n) is 5.64. The van der Waals surface area contributed by atoms with E-state index in [0.717, 1.165) is 23.8 Å². The summed E-state index contributed by atoms with van der Waals surface area (Å²) in [5, 5.41) is 0. The van der Waals surface area contributed by atoms with Crippen LogP contribution in [0.2, 0.25) is 0 Å². The Kier molecular flexibility index (Phi) is 10.3. The Morgan fingerprint density at radius 2 is 1.44 bits per heavy atom. The van der Waals surface area contributed by atoms with Gasteiger partial charge in [0.2, 0.25) is 5.82 Å². The summed E-state index contributed by atoms with van der Waals surface area (Å²) in [4.78, 5) is 0. The average molecular weight is 543 g/mol. The van der Waals surface area contributed by atoms with Gasteiger partial charge < -0.3 is 9.47 Å². The molecule has 3 aromatic carbocycles. The minimum absolute atomic E-state index is 0.0512. The van der Waals surface area contributed by atoms with Crippen LogP contribution in [0.25, 0.3) is 11.1 Å². The lowest BCUT2D eigenvalue weighted by Crippen LogP contribution is -2.15. The standard InChI is InChI=1S/C33H38F4O2/c1-3-4-5-6-23-7-9-24(10-8-23)11-12-25-13-15-26(16-14-25)29-21-30(34)31(35)32(22(29)2)38-27-17-19-28(20-18-27)39-33(36)37/h13-21,23-24,33H,3-12H2,1-2H3/t23-,24-. The number of unbranched alkanes of at least 4 members (excludes halogenated alkanes) is 2. The molecule has 0 heterocycles. The van der Waals surface area contributed by atoms with Gasteiger partial charge in [0, 0.05) is 5.56 Å². The second kappa shape index (κ2) is 13.9. The van der Waals surface area contributed by atoms with Crippen LogP contribution in [-0.4, -0.2) is 6.61 Å². The van der Waals surface area contributed by atoms with E-state index in [9.17, 15) is 17.6 Å². The van der Waals surface area contributed by atoms with Gasteiger partial charge in [-0.1, -0.05) is 82.6 Å². The van der Waals surface area contributed by atoms with Crippen LogP contribution in [-0.2, 0) is 6.42 Å². The summed E-state index contributed by atoms with van der Waals surface area (Å²) >= 11 is 0. The lowest BCUT2D eigenvalue weighted by atomic mass is 9.78. The lowest BCUT2D eigenvalue weighted by molar-refractivity contribution is -0.0498. The van der Waals surface area contributed by atoms with E-state index < -0.39 is 18.2 Å². The topological polar surface area (TPSA) is 18.5 Å². The molecule has 0 amide bonds. The highest BCUT2D eigenvalue weighted by molar-refractivity contribution is 5.70. The van der Waals surface area contributed by atoms with Crippen molar-refractivity contribution in [1.29, 1.82) is 0 Å². The van der Waals surface area contributed by atoms with Crippen LogP contribution in [0.15, 0.2) is 54.6 Å². The van der Waals surface area contributed by atoms with E-state index in [1.54, 1.807) is 6.92 Å². The largest absolute Gasteiger partial charge is 0.454 e. The molecule has 0 bridgehead atoms. The molecular weight excluding hydrogens is 504 g/mol. The van der Waals surface area contributed by atoms with Crippen LogP contribution >= 0.6 is 0 Å². The molecule has 2 nitrogen and oxygen atoms in total. The third-order valence-corrected chi connectivity index (χ3v) is 7.98. The molecule has 0 aliphatic heterocycles. The normalized spacial score (nSPS) is 17.4. The Hall–Kier alpha value is -3.02. The van der Waals surface area contributed by atoms with Gasteiger partial charge in [0.05, 0.1) is 0 Å². The number of ether oxygens (including phenoxy) is 2. The van der Waals surface area contributed by atoms with E-state index >= 15 is 0 Å². The van der Waals surface area contributed by atoms with E-state index in [1.165, 1.54) is 93.7 Å². The minimum atomic E-state index is -2.95. The van der Waals surface area contributed by atoms with Crippen molar-refractivity contribution in [1.82, 2.24) is 0 Å². The average Bonchev–Trinajstić information content (AvgIpc) is 2.94. The number of aryl methyl sites for hydroxylation is 1. The maximum Gasteiger partial charge on any atom is 0.387 e. The summed E-state index contributed by atoms with van der Waals surface area (Å²) in [5.74, 6) is -0.513. The first-order valence-electron chi connectivity index (χ1n) is 14.1. The molecule has 1 aliphatic carbocycles. The van der Waals surface area contributed by atoms with E-state index in [1.807, 2.05) is 12.1 Å². The number of benzene rings is 3. The highest BCUT2D eigenvalue weighted by Gasteiger charge is 2.21. The van der Waals surface area contributed by atoms with Crippen LogP contribution in [0.1, 0.15) is 75.8 Å². The molecule has 0 atom stereocenters. The summed E-state index contributed by atoms with van der Waals surface area (Å²) in [5.41, 5.74) is 3.00. The predicted octanol–water partition coefficient (Wildman–Crippen LogP) is 10.7. The zero-order valence-electron chi connectivity index (χ0n) is 22.8. The summed E-state index contributed by atoms with van der Waals surface area (Å²) < 4.78 is 64.0. The SMILES string of the molecule is CCCCC[C@H]1CC[C@H](CCc2ccc(-c3cc(F)c(F)c(Oc4ccc(OC(F)F)cc4)c3C)cc2)CC1. The number of alkyl halides is 2. The molecule has 0 aromatic heterocycles. The van der Waals surface area contributed by atoms with Gasteiger partial charge in [-0.2, -0.15) is 13.2 Å². The highest BCUT2D eigenvalue weighted by atomic mass is 19.3. The maximum absolute atomic E-state index is 14.7. The molecule has 4 rings (SSSR count). The highest BCUT2D eigenvalue weighted by Crippen LogP contribution is 2.38. The van der Waals surface area contributed by atoms with E-state index in [4.69, 9.17) is 4.74 Å². The van der Waals surface area contributed by atoms with Gasteiger partial charge in [0.1, 0.15) is 11.5 Å². The molecule has 0 spiro atoms. The van der Waals surface area contributed by atoms with Crippen LogP contribution in [0.4, 0.5) is 17.6 Å². The molecule has 0 N–H and O–H groups in total. The van der Waals surface area contributed by atoms with Crippen molar-refractivity contribution in [2.45, 2.75) is 84.7 Å². The van der Waals surface area contributed by atoms with Gasteiger partial charge in [-0.05, 0) is 78.6 Å². The summed E-state index contributed by atoms with van der Waals surface area (Å²) in [6.45, 7) is 0.984. The first-order valence-corrected chi connectivity index (χ1v) is 14.1. The van der Waals surface area contributed by atoms with Crippen molar-refractivity contribution in [2.24, 2.45) is 11.8 Å². The van der Waals surface area contributed by atoms with Crippen LogP contribution in [0.5, 0.6) is 17.2 Å². The first-order chi connectivity index (χ1) is 18.8. The first kappa shape index (κ1) is 29.0. The van der Waals surface area contributed by atoms with Crippen molar-refractivity contribution in [3.05, 3.63) is 77.4 Å². The second-order valence-electron chi connectivity index (χ2n) is 10.7. The Bertz CT molecular complexity index is 1180. The molecule has 0 unspecified atom stereocenters. The number of hydrogen-bond acceptors (Lipinski definition) is 2. The van der Waals surface area contributed by atoms with Crippen LogP contribution in [0, 0.1) is 30.4 Å². The molecular formula is C33H38F4O2. The number of hydrogen-bond donors (Lipinski definition) is 0. The Morgan fingerprint density at radius 3 is 2.05 bits per heavy atom. The molecule has 1 aliphatic rings. The molecule has 1 saturated carbocycles. The number of rotatable bonds is 12. The van der Waals surface area contributed by atoms with Gasteiger partial charge >= 0.3 is 6.61 Å². The minimum Gasteiger partial charge on any atom is -0.454 e. The smallest absolute Gasteiger partial charge is 0.387 e. The quantitative estimate of drug-likeness (QED) is 0.167. The van der Waals surface area contributed by atoms with E-state index in [0.29, 0.717) is 11.1 Å². The number of halogens is 4. The van der Waals surface area contributed by atoms with Gasteiger partial charge in [-0.15, -0.1) is 0 Å². The molecule has 39 heavy (non-hydrogen) atoms. The van der Waals surface area contributed by atoms with Crippen molar-refractivity contribution in [2.75, 3.05) is 0 Å². The molecule has 1 fully saturated rings. The van der Waals surface area contributed by atoms with Gasteiger partial charge in [0.25, 0.3) is 0 Å². The monoisotopic (exact) mass is 542 g/mol. The van der Waals surface area contributed by atoms with Crippen molar-refractivity contribution in [3.63, 3.8) is 0 Å². The van der Waals surface area contributed by atoms with Crippen LogP contribution in [0.3, 0.4) is 0 Å². The predicted molar refractivity (Wildman–Crippen MR) is 148 cm³/mol. The Labute approximate surface area is 229 Å². The van der Waals surface area contributed by atoms with Crippen molar-refractivity contribution < 1.29 is 27.0 Å². The summed E-state index contributed by atoms with van der Waals surface area (Å²) in [6.07, 6.45) is 13.0. The third-order valence-electron chi connectivity index (χ3n) is 7.98. The maximum atomic E-state index is 14.7. The summed E-state index contributed by atoms with van der Waals surface area (Å²) in [6, 6.07) is 14.5. The van der Waals surface area contributed by atoms with Gasteiger partial charge in [0.15, 0.2) is 11.6 Å². The zero-order chi connectivity index (χ0) is 27.8. The Morgan fingerprint density at radius 1 is 0.821 bits per heavy atom. The van der Waals surface area contributed by atoms with Crippen LogP contribution < -0.4 is 9.47 Å². The third kappa shape index (κ3) is 8.00. The van der Waals surface area contributed by atoms with Crippen molar-refractivity contribution in [3.8, 4) is 28.4 Å². The second-order valence-corrected chi connectivity index (χ2v) is 10.7. The van der Waals surface area contributed by atoms with Gasteiger partial charge in [-0.3, -0.25) is 0 Å². The molecule has 0 radical (unpaired) electrons. The fraction of sp³-hybridized carbons (Fsp3) is 0.455. The van der Waals surface area contributed by atoms with Gasteiger partial charge in [-0.25, -0.2) is 4.39 Å². The summed E-state index contributed by atoms with van der Waals surface area (Å²) in [7, 11) is 0. The molecule has 6 heteroatoms. The molecule has 3 aromatic rings. The lowest BCUT2D eigenvalue weighted by Gasteiger charge is -2.28. The molecule has 210 valence electrons. The Balaban J connectivity index is 1.38.